The fourth-order valence-electron chi connectivity index (χ4n) is 4.33. The molecule has 174 valence electrons. The van der Waals surface area contributed by atoms with Crippen LogP contribution in [0.2, 0.25) is 0 Å². The van der Waals surface area contributed by atoms with E-state index in [2.05, 4.69) is 9.98 Å². The first-order valence-electron chi connectivity index (χ1n) is 10.7. The Morgan fingerprint density at radius 2 is 2.15 bits per heavy atom. The maximum absolute atomic E-state index is 14.5. The molecule has 0 bridgehead atoms. The van der Waals surface area contributed by atoms with E-state index in [9.17, 15) is 18.0 Å². The summed E-state index contributed by atoms with van der Waals surface area (Å²) in [6.07, 6.45) is 9.53. The van der Waals surface area contributed by atoms with E-state index in [1.54, 1.807) is 30.4 Å². The minimum absolute atomic E-state index is 0.0501. The lowest BCUT2D eigenvalue weighted by Crippen LogP contribution is -2.35. The van der Waals surface area contributed by atoms with Crippen molar-refractivity contribution in [2.75, 3.05) is 13.1 Å². The van der Waals surface area contributed by atoms with Gasteiger partial charge >= 0.3 is 0 Å². The molecular weight excluding hydrogens is 467 g/mol. The molecule has 1 amide bonds. The van der Waals surface area contributed by atoms with Crippen molar-refractivity contribution in [2.45, 2.75) is 19.3 Å². The van der Waals surface area contributed by atoms with Crippen LogP contribution in [0.5, 0.6) is 0 Å². The number of furan rings is 1. The van der Waals surface area contributed by atoms with E-state index in [0.717, 1.165) is 12.5 Å². The smallest absolute Gasteiger partial charge is 0.273 e. The molecule has 0 saturated carbocycles. The molecule has 0 N–H and O–H groups in total. The molecule has 5 nitrogen and oxygen atoms in total. The first kappa shape index (κ1) is 22.4. The molecule has 1 atom stereocenters. The van der Waals surface area contributed by atoms with Crippen molar-refractivity contribution in [3.8, 4) is 0 Å². The molecule has 1 unspecified atom stereocenters. The van der Waals surface area contributed by atoms with Gasteiger partial charge in [0.05, 0.1) is 29.2 Å². The summed E-state index contributed by atoms with van der Waals surface area (Å²) in [5, 5.41) is 0.101. The Kier molecular flexibility index (Phi) is 5.56. The second-order valence-corrected chi connectivity index (χ2v) is 8.73. The molecule has 34 heavy (non-hydrogen) atoms. The minimum atomic E-state index is -3.19. The Labute approximate surface area is 198 Å². The van der Waals surface area contributed by atoms with Crippen molar-refractivity contribution < 1.29 is 22.4 Å². The summed E-state index contributed by atoms with van der Waals surface area (Å²) in [6.45, 7) is 1.32. The van der Waals surface area contributed by atoms with Crippen molar-refractivity contribution in [2.24, 2.45) is 10.9 Å². The Morgan fingerprint density at radius 3 is 2.79 bits per heavy atom. The lowest BCUT2D eigenvalue weighted by atomic mass is 9.84. The molecule has 0 spiro atoms. The predicted molar refractivity (Wildman–Crippen MR) is 123 cm³/mol. The normalized spacial score (nSPS) is 20.5. The molecule has 4 heterocycles. The van der Waals surface area contributed by atoms with Crippen LogP contribution in [0.3, 0.4) is 0 Å². The number of hydrogen-bond acceptors (Lipinski definition) is 4. The van der Waals surface area contributed by atoms with Gasteiger partial charge in [-0.2, -0.15) is 4.39 Å². The summed E-state index contributed by atoms with van der Waals surface area (Å²) < 4.78 is 48.1. The number of nitrogens with zero attached hydrogens (tertiary/aromatic N) is 3. The summed E-state index contributed by atoms with van der Waals surface area (Å²) in [6, 6.07) is 4.95. The third kappa shape index (κ3) is 3.92. The van der Waals surface area contributed by atoms with E-state index < -0.39 is 23.7 Å². The SMILES string of the molecule is CC(F)(F)C1=CC(c2ccoc2)=CC2C1=NC(C(=O)N1CC=C(c3cccnc3F)CC1)=C2Cl. The Morgan fingerprint density at radius 1 is 1.32 bits per heavy atom. The van der Waals surface area contributed by atoms with Crippen LogP contribution >= 0.6 is 11.6 Å². The van der Waals surface area contributed by atoms with Gasteiger partial charge in [-0.15, -0.1) is 0 Å². The summed E-state index contributed by atoms with van der Waals surface area (Å²) in [5.74, 6) is -4.96. The number of carbonyl (C=O) groups is 1. The second-order valence-electron chi connectivity index (χ2n) is 8.32. The minimum Gasteiger partial charge on any atom is -0.472 e. The van der Waals surface area contributed by atoms with Crippen LogP contribution in [0.4, 0.5) is 13.2 Å². The first-order chi connectivity index (χ1) is 16.2. The van der Waals surface area contributed by atoms with Crippen molar-refractivity contribution in [3.63, 3.8) is 0 Å². The van der Waals surface area contributed by atoms with Crippen LogP contribution in [0.15, 0.2) is 80.9 Å². The van der Waals surface area contributed by atoms with Crippen molar-refractivity contribution >= 4 is 34.4 Å². The average molecular weight is 486 g/mol. The van der Waals surface area contributed by atoms with Gasteiger partial charge in [-0.05, 0) is 41.8 Å². The fourth-order valence-corrected chi connectivity index (χ4v) is 4.62. The molecule has 1 aliphatic carbocycles. The van der Waals surface area contributed by atoms with E-state index in [0.29, 0.717) is 29.7 Å². The molecule has 0 radical (unpaired) electrons. The monoisotopic (exact) mass is 485 g/mol. The molecule has 0 fully saturated rings. The number of amides is 1. The summed E-state index contributed by atoms with van der Waals surface area (Å²) >= 11 is 6.56. The van der Waals surface area contributed by atoms with Crippen LogP contribution < -0.4 is 0 Å². The summed E-state index contributed by atoms with van der Waals surface area (Å²) in [7, 11) is 0. The number of pyridine rings is 1. The van der Waals surface area contributed by atoms with E-state index in [4.69, 9.17) is 16.0 Å². The third-order valence-electron chi connectivity index (χ3n) is 6.08. The lowest BCUT2D eigenvalue weighted by Gasteiger charge is -2.26. The molecule has 2 aliphatic heterocycles. The molecular formula is C25H19ClF3N3O2. The Hall–Kier alpha value is -3.39. The highest BCUT2D eigenvalue weighted by Gasteiger charge is 2.43. The molecule has 0 aromatic carbocycles. The largest absolute Gasteiger partial charge is 0.472 e. The van der Waals surface area contributed by atoms with Gasteiger partial charge < -0.3 is 9.32 Å². The van der Waals surface area contributed by atoms with Gasteiger partial charge in [0.2, 0.25) is 5.95 Å². The topological polar surface area (TPSA) is 58.7 Å². The number of halogens is 4. The first-order valence-corrected chi connectivity index (χ1v) is 11.0. The zero-order chi connectivity index (χ0) is 24.0. The molecule has 9 heteroatoms. The quantitative estimate of drug-likeness (QED) is 0.527. The molecule has 2 aromatic rings. The van der Waals surface area contributed by atoms with Crippen LogP contribution in [-0.2, 0) is 4.79 Å². The van der Waals surface area contributed by atoms with E-state index >= 15 is 0 Å². The van der Waals surface area contributed by atoms with Crippen LogP contribution in [0.1, 0.15) is 24.5 Å². The zero-order valence-electron chi connectivity index (χ0n) is 18.1. The number of allylic oxidation sites excluding steroid dienone is 5. The second kappa shape index (κ2) is 8.43. The average Bonchev–Trinajstić information content (AvgIpc) is 3.47. The van der Waals surface area contributed by atoms with E-state index in [1.807, 2.05) is 0 Å². The number of hydrogen-bond donors (Lipinski definition) is 0. The highest BCUT2D eigenvalue weighted by atomic mass is 35.5. The lowest BCUT2D eigenvalue weighted by molar-refractivity contribution is -0.126. The standard InChI is InChI=1S/C25H19ClF3N3O2/c1-25(28,29)19-12-16(15-6-10-34-13-15)11-18-20(26)22(31-21(18)19)24(33)32-8-4-14(5-9-32)17-3-2-7-30-23(17)27/h2-4,6-7,10-13,18H,5,8-9H2,1H3. The molecule has 5 rings (SSSR count). The van der Waals surface area contributed by atoms with Gasteiger partial charge in [0, 0.05) is 42.9 Å². The summed E-state index contributed by atoms with van der Waals surface area (Å²) in [4.78, 5) is 22.7. The Bertz CT molecular complexity index is 1320. The van der Waals surface area contributed by atoms with Crippen molar-refractivity contribution in [3.05, 3.63) is 88.5 Å². The molecule has 2 aromatic heterocycles. The maximum Gasteiger partial charge on any atom is 0.273 e. The molecule has 3 aliphatic rings. The number of fused-ring (bicyclic) bond motifs is 1. The Balaban J connectivity index is 1.44. The van der Waals surface area contributed by atoms with E-state index in [-0.39, 0.29) is 28.6 Å². The van der Waals surface area contributed by atoms with Gasteiger partial charge in [-0.3, -0.25) is 4.79 Å². The van der Waals surface area contributed by atoms with Crippen molar-refractivity contribution in [1.82, 2.24) is 9.88 Å². The predicted octanol–water partition coefficient (Wildman–Crippen LogP) is 5.63. The summed E-state index contributed by atoms with van der Waals surface area (Å²) in [5.41, 5.74) is 2.03. The highest BCUT2D eigenvalue weighted by Crippen LogP contribution is 2.43. The zero-order valence-corrected chi connectivity index (χ0v) is 18.8. The van der Waals surface area contributed by atoms with Gasteiger partial charge in [0.1, 0.15) is 5.70 Å². The van der Waals surface area contributed by atoms with Gasteiger partial charge in [-0.1, -0.05) is 23.8 Å². The van der Waals surface area contributed by atoms with E-state index in [1.165, 1.54) is 29.7 Å². The fraction of sp³-hybridized carbons (Fsp3) is 0.240. The highest BCUT2D eigenvalue weighted by molar-refractivity contribution is 6.37. The maximum atomic E-state index is 14.5. The third-order valence-corrected chi connectivity index (χ3v) is 6.49. The van der Waals surface area contributed by atoms with Gasteiger partial charge in [0.25, 0.3) is 11.8 Å². The number of rotatable bonds is 4. The number of aromatic nitrogens is 1. The van der Waals surface area contributed by atoms with Crippen LogP contribution in [0.25, 0.3) is 11.1 Å². The van der Waals surface area contributed by atoms with Gasteiger partial charge in [0.15, 0.2) is 0 Å². The molecule has 0 saturated heterocycles. The number of aliphatic imine (C=N–C) groups is 1. The van der Waals surface area contributed by atoms with Crippen LogP contribution in [0, 0.1) is 11.9 Å². The van der Waals surface area contributed by atoms with Crippen molar-refractivity contribution in [1.29, 1.82) is 0 Å². The van der Waals surface area contributed by atoms with Gasteiger partial charge in [-0.25, -0.2) is 18.8 Å². The number of alkyl halides is 2. The number of carbonyl (C=O) groups excluding carboxylic acids is 1. The van der Waals surface area contributed by atoms with Crippen LogP contribution in [-0.4, -0.2) is 40.5 Å².